The number of benzene rings is 1. The van der Waals surface area contributed by atoms with E-state index in [2.05, 4.69) is 5.32 Å². The smallest absolute Gasteiger partial charge is 0.319 e. The summed E-state index contributed by atoms with van der Waals surface area (Å²) in [5.41, 5.74) is -2.38. The van der Waals surface area contributed by atoms with Crippen molar-refractivity contribution in [1.82, 2.24) is 10.2 Å². The molecule has 1 unspecified atom stereocenters. The van der Waals surface area contributed by atoms with E-state index in [9.17, 15) is 18.4 Å². The predicted molar refractivity (Wildman–Crippen MR) is 59.6 cm³/mol. The van der Waals surface area contributed by atoms with E-state index in [-0.39, 0.29) is 0 Å². The van der Waals surface area contributed by atoms with Gasteiger partial charge in [-0.3, -0.25) is 4.79 Å². The minimum Gasteiger partial charge on any atom is -0.319 e. The molecule has 1 atom stereocenters. The van der Waals surface area contributed by atoms with E-state index < -0.39 is 41.2 Å². The van der Waals surface area contributed by atoms with Gasteiger partial charge >= 0.3 is 6.03 Å². The first-order chi connectivity index (χ1) is 8.91. The summed E-state index contributed by atoms with van der Waals surface area (Å²) in [6.45, 7) is 0.725. The van der Waals surface area contributed by atoms with Crippen molar-refractivity contribution in [3.8, 4) is 6.07 Å². The van der Waals surface area contributed by atoms with Crippen LogP contribution in [0.15, 0.2) is 18.2 Å². The van der Waals surface area contributed by atoms with Crippen molar-refractivity contribution in [1.29, 1.82) is 5.26 Å². The highest BCUT2D eigenvalue weighted by Crippen LogP contribution is 2.32. The number of hydrogen-bond donors (Lipinski definition) is 1. The van der Waals surface area contributed by atoms with Crippen molar-refractivity contribution in [2.75, 3.05) is 6.54 Å². The first-order valence-corrected chi connectivity index (χ1v) is 5.37. The maximum Gasteiger partial charge on any atom is 0.326 e. The molecular weight excluding hydrogens is 256 g/mol. The van der Waals surface area contributed by atoms with Gasteiger partial charge in [0.2, 0.25) is 0 Å². The van der Waals surface area contributed by atoms with Gasteiger partial charge in [0.15, 0.2) is 0 Å². The molecule has 1 aromatic rings. The third-order valence-electron chi connectivity index (χ3n) is 2.97. The van der Waals surface area contributed by atoms with Crippen LogP contribution in [0.3, 0.4) is 0 Å². The van der Waals surface area contributed by atoms with Crippen molar-refractivity contribution in [3.05, 3.63) is 35.4 Å². The Morgan fingerprint density at radius 3 is 2.47 bits per heavy atom. The quantitative estimate of drug-likeness (QED) is 0.646. The molecule has 3 amide bonds. The molecule has 1 aliphatic rings. The summed E-state index contributed by atoms with van der Waals surface area (Å²) in [4.78, 5) is 24.3. The number of hydrogen-bond acceptors (Lipinski definition) is 3. The molecule has 1 fully saturated rings. The SMILES string of the molecule is CC1(c2c(F)cccc2F)NC(=O)N(CC#N)C1=O. The average Bonchev–Trinajstić information content (AvgIpc) is 2.54. The van der Waals surface area contributed by atoms with Crippen molar-refractivity contribution < 1.29 is 18.4 Å². The summed E-state index contributed by atoms with van der Waals surface area (Å²) in [6, 6.07) is 3.95. The minimum absolute atomic E-state index is 0.476. The maximum absolute atomic E-state index is 13.7. The van der Waals surface area contributed by atoms with Crippen LogP contribution in [0.1, 0.15) is 12.5 Å². The van der Waals surface area contributed by atoms with E-state index in [4.69, 9.17) is 5.26 Å². The topological polar surface area (TPSA) is 73.2 Å². The Hall–Kier alpha value is -2.49. The fourth-order valence-electron chi connectivity index (χ4n) is 2.06. The molecule has 0 bridgehead atoms. The standard InChI is InChI=1S/C12H9F2N3O2/c1-12(9-7(13)3-2-4-8(9)14)10(18)17(6-5-15)11(19)16-12/h2-4H,6H2,1H3,(H,16,19). The Morgan fingerprint density at radius 2 is 1.95 bits per heavy atom. The normalized spacial score (nSPS) is 22.3. The molecule has 0 radical (unpaired) electrons. The fraction of sp³-hybridized carbons (Fsp3) is 0.250. The molecule has 2 rings (SSSR count). The highest BCUT2D eigenvalue weighted by atomic mass is 19.1. The molecule has 0 spiro atoms. The molecule has 98 valence electrons. The van der Waals surface area contributed by atoms with Gasteiger partial charge < -0.3 is 5.32 Å². The van der Waals surface area contributed by atoms with E-state index in [1.807, 2.05) is 0 Å². The third-order valence-corrected chi connectivity index (χ3v) is 2.97. The lowest BCUT2D eigenvalue weighted by Crippen LogP contribution is -2.42. The number of nitrogens with one attached hydrogen (secondary N) is 1. The van der Waals surface area contributed by atoms with Crippen LogP contribution < -0.4 is 5.32 Å². The largest absolute Gasteiger partial charge is 0.326 e. The summed E-state index contributed by atoms with van der Waals surface area (Å²) in [7, 11) is 0. The van der Waals surface area contributed by atoms with Gasteiger partial charge in [-0.05, 0) is 19.1 Å². The predicted octanol–water partition coefficient (Wildman–Crippen LogP) is 1.26. The van der Waals surface area contributed by atoms with Gasteiger partial charge in [-0.25, -0.2) is 18.5 Å². The van der Waals surface area contributed by atoms with Crippen LogP contribution in [0.2, 0.25) is 0 Å². The van der Waals surface area contributed by atoms with Gasteiger partial charge in [0.05, 0.1) is 11.6 Å². The van der Waals surface area contributed by atoms with Crippen molar-refractivity contribution in [2.24, 2.45) is 0 Å². The number of amides is 3. The molecule has 0 aliphatic carbocycles. The van der Waals surface area contributed by atoms with E-state index in [0.717, 1.165) is 18.2 Å². The minimum atomic E-state index is -1.84. The number of rotatable bonds is 2. The second kappa shape index (κ2) is 4.31. The first-order valence-electron chi connectivity index (χ1n) is 5.37. The number of carbonyl (C=O) groups excluding carboxylic acids is 2. The second-order valence-corrected chi connectivity index (χ2v) is 4.20. The van der Waals surface area contributed by atoms with Crippen LogP contribution >= 0.6 is 0 Å². The van der Waals surface area contributed by atoms with Crippen LogP contribution in [0.5, 0.6) is 0 Å². The van der Waals surface area contributed by atoms with Crippen LogP contribution in [-0.2, 0) is 10.3 Å². The van der Waals surface area contributed by atoms with E-state index in [0.29, 0.717) is 4.90 Å². The molecule has 0 saturated carbocycles. The zero-order valence-electron chi connectivity index (χ0n) is 9.91. The second-order valence-electron chi connectivity index (χ2n) is 4.20. The van der Waals surface area contributed by atoms with Gasteiger partial charge in [-0.1, -0.05) is 6.07 Å². The van der Waals surface area contributed by atoms with Crippen LogP contribution in [0.4, 0.5) is 13.6 Å². The van der Waals surface area contributed by atoms with Gasteiger partial charge in [0.25, 0.3) is 5.91 Å². The lowest BCUT2D eigenvalue weighted by atomic mass is 9.91. The highest BCUT2D eigenvalue weighted by molar-refractivity contribution is 6.07. The molecule has 0 aromatic heterocycles. The molecule has 1 N–H and O–H groups in total. The summed E-state index contributed by atoms with van der Waals surface area (Å²) in [6.07, 6.45) is 0. The van der Waals surface area contributed by atoms with E-state index >= 15 is 0 Å². The monoisotopic (exact) mass is 265 g/mol. The maximum atomic E-state index is 13.7. The molecule has 5 nitrogen and oxygen atoms in total. The van der Waals surface area contributed by atoms with Crippen molar-refractivity contribution in [2.45, 2.75) is 12.5 Å². The highest BCUT2D eigenvalue weighted by Gasteiger charge is 2.51. The van der Waals surface area contributed by atoms with Gasteiger partial charge in [-0.2, -0.15) is 5.26 Å². The Balaban J connectivity index is 2.54. The van der Waals surface area contributed by atoms with Gasteiger partial charge in [0.1, 0.15) is 23.7 Å². The van der Waals surface area contributed by atoms with E-state index in [1.165, 1.54) is 6.92 Å². The third kappa shape index (κ3) is 1.81. The number of nitrogens with zero attached hydrogens (tertiary/aromatic N) is 2. The molecule has 7 heteroatoms. The van der Waals surface area contributed by atoms with E-state index in [1.54, 1.807) is 6.07 Å². The Kier molecular flexibility index (Phi) is 2.94. The number of carbonyl (C=O) groups is 2. The summed E-state index contributed by atoms with van der Waals surface area (Å²) in [5.74, 6) is -2.73. The molecule has 1 heterocycles. The number of imide groups is 1. The van der Waals surface area contributed by atoms with Crippen molar-refractivity contribution >= 4 is 11.9 Å². The lowest BCUT2D eigenvalue weighted by Gasteiger charge is -2.22. The average molecular weight is 265 g/mol. The summed E-state index contributed by atoms with van der Waals surface area (Å²) < 4.78 is 27.5. The zero-order chi connectivity index (χ0) is 14.2. The fourth-order valence-corrected chi connectivity index (χ4v) is 2.06. The van der Waals surface area contributed by atoms with Crippen molar-refractivity contribution in [3.63, 3.8) is 0 Å². The lowest BCUT2D eigenvalue weighted by molar-refractivity contribution is -0.130. The zero-order valence-corrected chi connectivity index (χ0v) is 9.91. The summed E-state index contributed by atoms with van der Waals surface area (Å²) >= 11 is 0. The number of urea groups is 1. The first kappa shape index (κ1) is 13.0. The molecule has 1 aliphatic heterocycles. The Bertz CT molecular complexity index is 591. The molecule has 1 aromatic carbocycles. The van der Waals surface area contributed by atoms with Crippen LogP contribution in [0, 0.1) is 23.0 Å². The van der Waals surface area contributed by atoms with Crippen LogP contribution in [-0.4, -0.2) is 23.4 Å². The van der Waals surface area contributed by atoms with Gasteiger partial charge in [0, 0.05) is 0 Å². The Labute approximate surface area is 107 Å². The molecule has 19 heavy (non-hydrogen) atoms. The van der Waals surface area contributed by atoms with Gasteiger partial charge in [-0.15, -0.1) is 0 Å². The number of nitriles is 1. The van der Waals surface area contributed by atoms with Crippen LogP contribution in [0.25, 0.3) is 0 Å². The molecular formula is C12H9F2N3O2. The summed E-state index contributed by atoms with van der Waals surface area (Å²) in [5, 5.41) is 10.8. The number of halogens is 2. The Morgan fingerprint density at radius 1 is 1.37 bits per heavy atom. The molecule has 1 saturated heterocycles.